The summed E-state index contributed by atoms with van der Waals surface area (Å²) in [5.41, 5.74) is 3.60. The average molecular weight is 358 g/mol. The highest BCUT2D eigenvalue weighted by atomic mass is 16.2. The molecule has 2 aromatic heterocycles. The van der Waals surface area contributed by atoms with Crippen LogP contribution in [0.15, 0.2) is 79.6 Å². The fourth-order valence-corrected chi connectivity index (χ4v) is 2.85. The Kier molecular flexibility index (Phi) is 4.49. The second-order valence-corrected chi connectivity index (χ2v) is 6.19. The van der Waals surface area contributed by atoms with Gasteiger partial charge in [-0.25, -0.2) is 4.68 Å². The Morgan fingerprint density at radius 1 is 0.963 bits per heavy atom. The molecule has 4 rings (SSSR count). The molecular weight excluding hydrogens is 340 g/mol. The Hall–Kier alpha value is -3.74. The maximum absolute atomic E-state index is 12.7. The van der Waals surface area contributed by atoms with E-state index >= 15 is 0 Å². The Labute approximate surface area is 156 Å². The summed E-state index contributed by atoms with van der Waals surface area (Å²) in [6, 6.07) is 17.3. The van der Waals surface area contributed by atoms with Crippen LogP contribution in [0.1, 0.15) is 15.9 Å². The molecule has 0 bridgehead atoms. The van der Waals surface area contributed by atoms with Crippen molar-refractivity contribution in [2.24, 2.45) is 0 Å². The summed E-state index contributed by atoms with van der Waals surface area (Å²) in [5, 5.41) is 11.8. The topological polar surface area (TPSA) is 68.8 Å². The molecule has 4 aromatic rings. The van der Waals surface area contributed by atoms with E-state index in [0.29, 0.717) is 12.1 Å². The van der Waals surface area contributed by atoms with Gasteiger partial charge in [0.2, 0.25) is 0 Å². The molecular formula is C20H18N6O. The summed E-state index contributed by atoms with van der Waals surface area (Å²) < 4.78 is 3.59. The third-order valence-corrected chi connectivity index (χ3v) is 4.30. The molecule has 7 heteroatoms. The summed E-state index contributed by atoms with van der Waals surface area (Å²) in [5.74, 6) is -0.0264. The van der Waals surface area contributed by atoms with E-state index in [1.807, 2.05) is 60.8 Å². The van der Waals surface area contributed by atoms with Gasteiger partial charge in [-0.05, 0) is 48.0 Å². The van der Waals surface area contributed by atoms with Crippen LogP contribution >= 0.6 is 0 Å². The Morgan fingerprint density at radius 3 is 2.26 bits per heavy atom. The first-order valence-corrected chi connectivity index (χ1v) is 8.50. The fraction of sp³-hybridized carbons (Fsp3) is 0.100. The molecule has 0 saturated heterocycles. The molecule has 27 heavy (non-hydrogen) atoms. The van der Waals surface area contributed by atoms with Crippen molar-refractivity contribution in [1.82, 2.24) is 29.4 Å². The van der Waals surface area contributed by atoms with Crippen molar-refractivity contribution >= 4 is 5.91 Å². The van der Waals surface area contributed by atoms with Crippen LogP contribution in [-0.2, 0) is 6.54 Å². The first kappa shape index (κ1) is 16.7. The molecule has 0 aliphatic carbocycles. The minimum Gasteiger partial charge on any atom is -0.337 e. The van der Waals surface area contributed by atoms with Gasteiger partial charge in [0.25, 0.3) is 5.91 Å². The van der Waals surface area contributed by atoms with Gasteiger partial charge in [-0.3, -0.25) is 9.36 Å². The molecule has 0 spiro atoms. The van der Waals surface area contributed by atoms with Gasteiger partial charge in [-0.2, -0.15) is 5.10 Å². The number of hydrogen-bond acceptors (Lipinski definition) is 4. The second kappa shape index (κ2) is 7.25. The summed E-state index contributed by atoms with van der Waals surface area (Å²) in [7, 11) is 1.80. The van der Waals surface area contributed by atoms with Gasteiger partial charge in [0.15, 0.2) is 0 Å². The molecule has 2 heterocycles. The zero-order chi connectivity index (χ0) is 18.6. The lowest BCUT2D eigenvalue weighted by molar-refractivity contribution is 0.0785. The number of nitrogens with zero attached hydrogens (tertiary/aromatic N) is 6. The van der Waals surface area contributed by atoms with Gasteiger partial charge in [0.05, 0.1) is 5.69 Å². The van der Waals surface area contributed by atoms with Crippen molar-refractivity contribution in [3.8, 4) is 11.4 Å². The highest BCUT2D eigenvalue weighted by Crippen LogP contribution is 2.14. The number of rotatable bonds is 5. The Bertz CT molecular complexity index is 1010. The van der Waals surface area contributed by atoms with E-state index < -0.39 is 0 Å². The smallest absolute Gasteiger partial charge is 0.253 e. The minimum atomic E-state index is -0.0264. The quantitative estimate of drug-likeness (QED) is 0.550. The van der Waals surface area contributed by atoms with Crippen molar-refractivity contribution in [2.45, 2.75) is 6.54 Å². The first-order valence-electron chi connectivity index (χ1n) is 8.50. The standard InChI is InChI=1S/C20H18N6O/c1-24(13-16-3-7-19(8-4-16)26-12-2-11-23-26)20(27)17-5-9-18(10-6-17)25-14-21-22-15-25/h2-12,14-15H,13H2,1H3. The van der Waals surface area contributed by atoms with Gasteiger partial charge in [-0.1, -0.05) is 12.1 Å². The van der Waals surface area contributed by atoms with Crippen molar-refractivity contribution in [3.05, 3.63) is 90.8 Å². The third-order valence-electron chi connectivity index (χ3n) is 4.30. The SMILES string of the molecule is CN(Cc1ccc(-n2cccn2)cc1)C(=O)c1ccc(-n2cnnc2)cc1. The predicted octanol–water partition coefficient (Wildman–Crippen LogP) is 2.73. The van der Waals surface area contributed by atoms with Crippen LogP contribution in [0.25, 0.3) is 11.4 Å². The summed E-state index contributed by atoms with van der Waals surface area (Å²) in [6.45, 7) is 0.533. The van der Waals surface area contributed by atoms with Crippen LogP contribution in [0.4, 0.5) is 0 Å². The number of benzene rings is 2. The molecule has 0 N–H and O–H groups in total. The fourth-order valence-electron chi connectivity index (χ4n) is 2.85. The predicted molar refractivity (Wildman–Crippen MR) is 101 cm³/mol. The lowest BCUT2D eigenvalue weighted by Gasteiger charge is -2.18. The molecule has 0 radical (unpaired) electrons. The molecule has 0 aliphatic rings. The van der Waals surface area contributed by atoms with Gasteiger partial charge >= 0.3 is 0 Å². The second-order valence-electron chi connectivity index (χ2n) is 6.19. The first-order chi connectivity index (χ1) is 13.2. The van der Waals surface area contributed by atoms with E-state index in [4.69, 9.17) is 0 Å². The number of amides is 1. The largest absolute Gasteiger partial charge is 0.337 e. The van der Waals surface area contributed by atoms with E-state index in [0.717, 1.165) is 16.9 Å². The molecule has 0 unspecified atom stereocenters. The molecule has 134 valence electrons. The van der Waals surface area contributed by atoms with Crippen LogP contribution < -0.4 is 0 Å². The van der Waals surface area contributed by atoms with Crippen molar-refractivity contribution in [3.63, 3.8) is 0 Å². The van der Waals surface area contributed by atoms with Crippen molar-refractivity contribution in [2.75, 3.05) is 7.05 Å². The number of hydrogen-bond donors (Lipinski definition) is 0. The Balaban J connectivity index is 1.43. The molecule has 7 nitrogen and oxygen atoms in total. The van der Waals surface area contributed by atoms with Crippen LogP contribution in [0.2, 0.25) is 0 Å². The van der Waals surface area contributed by atoms with Crippen molar-refractivity contribution in [1.29, 1.82) is 0 Å². The molecule has 0 aliphatic heterocycles. The molecule has 1 amide bonds. The summed E-state index contributed by atoms with van der Waals surface area (Å²) >= 11 is 0. The van der Waals surface area contributed by atoms with Crippen LogP contribution in [0.3, 0.4) is 0 Å². The monoisotopic (exact) mass is 358 g/mol. The van der Waals surface area contributed by atoms with Crippen molar-refractivity contribution < 1.29 is 4.79 Å². The van der Waals surface area contributed by atoms with Gasteiger partial charge in [0.1, 0.15) is 12.7 Å². The van der Waals surface area contributed by atoms with E-state index in [1.165, 1.54) is 0 Å². The molecule has 0 atom stereocenters. The molecule has 0 saturated carbocycles. The maximum atomic E-state index is 12.7. The summed E-state index contributed by atoms with van der Waals surface area (Å²) in [6.07, 6.45) is 6.88. The van der Waals surface area contributed by atoms with E-state index in [9.17, 15) is 4.79 Å². The van der Waals surface area contributed by atoms with Gasteiger partial charge in [-0.15, -0.1) is 10.2 Å². The zero-order valence-corrected chi connectivity index (χ0v) is 14.8. The highest BCUT2D eigenvalue weighted by Gasteiger charge is 2.12. The number of carbonyl (C=O) groups is 1. The van der Waals surface area contributed by atoms with Gasteiger partial charge < -0.3 is 4.90 Å². The van der Waals surface area contributed by atoms with Crippen LogP contribution in [0, 0.1) is 0 Å². The van der Waals surface area contributed by atoms with Gasteiger partial charge in [0, 0.05) is 37.2 Å². The van der Waals surface area contributed by atoms with E-state index in [1.54, 1.807) is 40.0 Å². The normalized spacial score (nSPS) is 10.7. The lowest BCUT2D eigenvalue weighted by atomic mass is 10.1. The highest BCUT2D eigenvalue weighted by molar-refractivity contribution is 5.94. The maximum Gasteiger partial charge on any atom is 0.253 e. The third kappa shape index (κ3) is 3.62. The van der Waals surface area contributed by atoms with E-state index in [2.05, 4.69) is 15.3 Å². The van der Waals surface area contributed by atoms with Crippen LogP contribution in [-0.4, -0.2) is 42.4 Å². The zero-order valence-electron chi connectivity index (χ0n) is 14.8. The number of aromatic nitrogens is 5. The molecule has 0 fully saturated rings. The average Bonchev–Trinajstić information content (AvgIpc) is 3.42. The number of carbonyl (C=O) groups excluding carboxylic acids is 1. The minimum absolute atomic E-state index is 0.0264. The molecule has 2 aromatic carbocycles. The Morgan fingerprint density at radius 2 is 1.63 bits per heavy atom. The van der Waals surface area contributed by atoms with E-state index in [-0.39, 0.29) is 5.91 Å². The summed E-state index contributed by atoms with van der Waals surface area (Å²) in [4.78, 5) is 14.4. The van der Waals surface area contributed by atoms with Crippen LogP contribution in [0.5, 0.6) is 0 Å². The lowest BCUT2D eigenvalue weighted by Crippen LogP contribution is -2.26.